The number of rotatable bonds is 6. The van der Waals surface area contributed by atoms with Gasteiger partial charge >= 0.3 is 5.97 Å². The lowest BCUT2D eigenvalue weighted by atomic mass is 10.0. The maximum atomic E-state index is 12.0. The van der Waals surface area contributed by atoms with Gasteiger partial charge in [-0.3, -0.25) is 9.59 Å². The van der Waals surface area contributed by atoms with Crippen LogP contribution in [-0.2, 0) is 11.3 Å². The van der Waals surface area contributed by atoms with Gasteiger partial charge in [-0.15, -0.1) is 0 Å². The molecular formula is C13H19N3O4. The largest absolute Gasteiger partial charge is 0.480 e. The fraction of sp³-hybridized carbons (Fsp3) is 0.538. The predicted octanol–water partition coefficient (Wildman–Crippen LogP) is 0.492. The molecule has 0 saturated carbocycles. The number of carboxylic acids is 1. The molecule has 1 amide bonds. The van der Waals surface area contributed by atoms with E-state index in [1.807, 2.05) is 6.92 Å². The number of carboxylic acid groups (broad SMARTS) is 1. The first kappa shape index (κ1) is 15.9. The van der Waals surface area contributed by atoms with Crippen molar-refractivity contribution < 1.29 is 14.7 Å². The molecule has 0 fully saturated rings. The molecule has 0 unspecified atom stereocenters. The van der Waals surface area contributed by atoms with Crippen molar-refractivity contribution in [1.82, 2.24) is 15.1 Å². The van der Waals surface area contributed by atoms with Gasteiger partial charge in [-0.1, -0.05) is 20.8 Å². The number of nitrogens with zero attached hydrogens (tertiary/aromatic N) is 2. The first-order chi connectivity index (χ1) is 9.36. The molecule has 0 radical (unpaired) electrons. The maximum Gasteiger partial charge on any atom is 0.326 e. The van der Waals surface area contributed by atoms with Crippen LogP contribution in [-0.4, -0.2) is 32.8 Å². The summed E-state index contributed by atoms with van der Waals surface area (Å²) in [5, 5.41) is 15.4. The summed E-state index contributed by atoms with van der Waals surface area (Å²) in [6.07, 6.45) is 0.710. The van der Waals surface area contributed by atoms with E-state index in [2.05, 4.69) is 10.4 Å². The van der Waals surface area contributed by atoms with Gasteiger partial charge in [-0.25, -0.2) is 9.48 Å². The van der Waals surface area contributed by atoms with Crippen LogP contribution in [0.3, 0.4) is 0 Å². The molecule has 0 aliphatic rings. The van der Waals surface area contributed by atoms with E-state index < -0.39 is 17.9 Å². The molecule has 2 N–H and O–H groups in total. The molecule has 0 spiro atoms. The SMILES string of the molecule is CCCn1nc(C(=O)N[C@H](C(=O)O)C(C)C)ccc1=O. The van der Waals surface area contributed by atoms with Crippen LogP contribution in [0.2, 0.25) is 0 Å². The van der Waals surface area contributed by atoms with Crippen LogP contribution < -0.4 is 10.9 Å². The van der Waals surface area contributed by atoms with Crippen molar-refractivity contribution in [2.75, 3.05) is 0 Å². The van der Waals surface area contributed by atoms with Gasteiger partial charge in [0, 0.05) is 12.6 Å². The number of aryl methyl sites for hydroxylation is 1. The Kier molecular flexibility index (Phi) is 5.42. The Morgan fingerprint density at radius 3 is 2.55 bits per heavy atom. The summed E-state index contributed by atoms with van der Waals surface area (Å²) in [5.41, 5.74) is -0.257. The van der Waals surface area contributed by atoms with Gasteiger partial charge in [0.2, 0.25) is 0 Å². The Labute approximate surface area is 116 Å². The molecule has 7 nitrogen and oxygen atoms in total. The summed E-state index contributed by atoms with van der Waals surface area (Å²) in [7, 11) is 0. The van der Waals surface area contributed by atoms with Gasteiger partial charge in [0.1, 0.15) is 11.7 Å². The molecule has 0 aliphatic heterocycles. The van der Waals surface area contributed by atoms with E-state index in [-0.39, 0.29) is 17.2 Å². The molecule has 1 heterocycles. The van der Waals surface area contributed by atoms with Crippen LogP contribution in [0.15, 0.2) is 16.9 Å². The molecule has 0 saturated heterocycles. The third-order valence-electron chi connectivity index (χ3n) is 2.75. The van der Waals surface area contributed by atoms with Crippen LogP contribution in [0, 0.1) is 5.92 Å². The third kappa shape index (κ3) is 3.91. The number of hydrogen-bond donors (Lipinski definition) is 2. The Balaban J connectivity index is 2.95. The summed E-state index contributed by atoms with van der Waals surface area (Å²) in [6.45, 7) is 5.70. The van der Waals surface area contributed by atoms with Crippen LogP contribution >= 0.6 is 0 Å². The molecule has 1 rings (SSSR count). The second-order valence-corrected chi connectivity index (χ2v) is 4.81. The van der Waals surface area contributed by atoms with Gasteiger partial charge in [0.15, 0.2) is 0 Å². The van der Waals surface area contributed by atoms with E-state index in [0.29, 0.717) is 13.0 Å². The molecule has 1 aromatic rings. The highest BCUT2D eigenvalue weighted by Gasteiger charge is 2.24. The van der Waals surface area contributed by atoms with E-state index in [0.717, 1.165) is 0 Å². The molecular weight excluding hydrogens is 262 g/mol. The van der Waals surface area contributed by atoms with Crippen LogP contribution in [0.5, 0.6) is 0 Å². The van der Waals surface area contributed by atoms with E-state index >= 15 is 0 Å². The quantitative estimate of drug-likeness (QED) is 0.790. The number of carbonyl (C=O) groups excluding carboxylic acids is 1. The molecule has 0 aromatic carbocycles. The zero-order chi connectivity index (χ0) is 15.3. The summed E-state index contributed by atoms with van der Waals surface area (Å²) in [6, 6.07) is 1.56. The summed E-state index contributed by atoms with van der Waals surface area (Å²) in [4.78, 5) is 34.5. The summed E-state index contributed by atoms with van der Waals surface area (Å²) >= 11 is 0. The number of hydrogen-bond acceptors (Lipinski definition) is 4. The van der Waals surface area contributed by atoms with Gasteiger partial charge in [-0.2, -0.15) is 5.10 Å². The van der Waals surface area contributed by atoms with Crippen LogP contribution in [0.4, 0.5) is 0 Å². The van der Waals surface area contributed by atoms with Crippen molar-refractivity contribution in [3.05, 3.63) is 28.2 Å². The van der Waals surface area contributed by atoms with Gasteiger partial charge in [0.25, 0.3) is 11.5 Å². The maximum absolute atomic E-state index is 12.0. The Morgan fingerprint density at radius 2 is 2.05 bits per heavy atom. The topological polar surface area (TPSA) is 101 Å². The highest BCUT2D eigenvalue weighted by molar-refractivity contribution is 5.94. The number of nitrogens with one attached hydrogen (secondary N) is 1. The average molecular weight is 281 g/mol. The lowest BCUT2D eigenvalue weighted by molar-refractivity contribution is -0.140. The normalized spacial score (nSPS) is 12.2. The van der Waals surface area contributed by atoms with E-state index in [9.17, 15) is 14.4 Å². The third-order valence-corrected chi connectivity index (χ3v) is 2.75. The predicted molar refractivity (Wildman–Crippen MR) is 72.5 cm³/mol. The smallest absolute Gasteiger partial charge is 0.326 e. The van der Waals surface area contributed by atoms with Crippen molar-refractivity contribution >= 4 is 11.9 Å². The highest BCUT2D eigenvalue weighted by atomic mass is 16.4. The van der Waals surface area contributed by atoms with Crippen molar-refractivity contribution in [2.24, 2.45) is 5.92 Å². The van der Waals surface area contributed by atoms with Gasteiger partial charge in [-0.05, 0) is 18.4 Å². The Bertz CT molecular complexity index is 551. The molecule has 110 valence electrons. The van der Waals surface area contributed by atoms with Gasteiger partial charge < -0.3 is 10.4 Å². The van der Waals surface area contributed by atoms with Crippen LogP contribution in [0.1, 0.15) is 37.7 Å². The van der Waals surface area contributed by atoms with Crippen molar-refractivity contribution in [3.63, 3.8) is 0 Å². The average Bonchev–Trinajstić information content (AvgIpc) is 2.37. The van der Waals surface area contributed by atoms with E-state index in [4.69, 9.17) is 5.11 Å². The highest BCUT2D eigenvalue weighted by Crippen LogP contribution is 2.03. The Morgan fingerprint density at radius 1 is 1.40 bits per heavy atom. The minimum Gasteiger partial charge on any atom is -0.480 e. The first-order valence-electron chi connectivity index (χ1n) is 6.48. The van der Waals surface area contributed by atoms with Gasteiger partial charge in [0.05, 0.1) is 0 Å². The number of amides is 1. The summed E-state index contributed by atoms with van der Waals surface area (Å²) < 4.78 is 1.19. The second kappa shape index (κ2) is 6.83. The summed E-state index contributed by atoms with van der Waals surface area (Å²) in [5.74, 6) is -1.95. The fourth-order valence-electron chi connectivity index (χ4n) is 1.67. The second-order valence-electron chi connectivity index (χ2n) is 4.81. The zero-order valence-corrected chi connectivity index (χ0v) is 11.8. The number of carbonyl (C=O) groups is 2. The molecule has 0 aliphatic carbocycles. The van der Waals surface area contributed by atoms with Crippen LogP contribution in [0.25, 0.3) is 0 Å². The monoisotopic (exact) mass is 281 g/mol. The molecule has 0 bridgehead atoms. The minimum atomic E-state index is -1.10. The Hall–Kier alpha value is -2.18. The first-order valence-corrected chi connectivity index (χ1v) is 6.48. The molecule has 20 heavy (non-hydrogen) atoms. The van der Waals surface area contributed by atoms with Crippen molar-refractivity contribution in [3.8, 4) is 0 Å². The molecule has 1 atom stereocenters. The molecule has 7 heteroatoms. The number of aromatic nitrogens is 2. The fourth-order valence-corrected chi connectivity index (χ4v) is 1.67. The lowest BCUT2D eigenvalue weighted by Gasteiger charge is -2.17. The van der Waals surface area contributed by atoms with Crippen molar-refractivity contribution in [2.45, 2.75) is 39.8 Å². The van der Waals surface area contributed by atoms with Crippen molar-refractivity contribution in [1.29, 1.82) is 0 Å². The lowest BCUT2D eigenvalue weighted by Crippen LogP contribution is -2.45. The van der Waals surface area contributed by atoms with E-state index in [1.165, 1.54) is 16.8 Å². The minimum absolute atomic E-state index is 0.0324. The number of aliphatic carboxylic acids is 1. The zero-order valence-electron chi connectivity index (χ0n) is 11.8. The molecule has 1 aromatic heterocycles. The standard InChI is InChI=1S/C13H19N3O4/c1-4-7-16-10(17)6-5-9(15-16)12(18)14-11(8(2)3)13(19)20/h5-6,8,11H,4,7H2,1-3H3,(H,14,18)(H,19,20)/t11-/m0/s1. The van der Waals surface area contributed by atoms with E-state index in [1.54, 1.807) is 13.8 Å².